The maximum Gasteiger partial charge on any atom is 0.190 e. The summed E-state index contributed by atoms with van der Waals surface area (Å²) in [7, 11) is 0. The molecule has 3 atom stereocenters. The van der Waals surface area contributed by atoms with Gasteiger partial charge < -0.3 is 5.11 Å². The van der Waals surface area contributed by atoms with E-state index in [0.29, 0.717) is 0 Å². The van der Waals surface area contributed by atoms with E-state index in [1.165, 1.54) is 0 Å². The van der Waals surface area contributed by atoms with E-state index in [9.17, 15) is 24.3 Å². The third-order valence-corrected chi connectivity index (χ3v) is 4.44. The molecular formula is C20H28O5. The fraction of sp³-hybridized carbons (Fsp3) is 0.600. The van der Waals surface area contributed by atoms with Gasteiger partial charge in [0.05, 0.1) is 5.92 Å². The zero-order chi connectivity index (χ0) is 19.5. The quantitative estimate of drug-likeness (QED) is 0.589. The van der Waals surface area contributed by atoms with Crippen LogP contribution in [0.5, 0.6) is 0 Å². The molecule has 0 heterocycles. The standard InChI is InChI=1S/C20H28O5/c1-11(2)7-8-14-17(22)15(16(21)13(5)6)19(24)20(25,18(14)23)10-9-12(3)4/h7,9,13-15,25H,8,10H2,1-6H3/t14?,15?,20-/m1/s1. The fourth-order valence-corrected chi connectivity index (χ4v) is 2.84. The van der Waals surface area contributed by atoms with E-state index >= 15 is 0 Å². The lowest BCUT2D eigenvalue weighted by molar-refractivity contribution is -0.166. The SMILES string of the molecule is CC(C)=CCC1C(=O)C(C(=O)C(C)C)C(=O)[C@@](O)(CC=C(C)C)C1=O. The van der Waals surface area contributed by atoms with Gasteiger partial charge in [0.2, 0.25) is 0 Å². The van der Waals surface area contributed by atoms with Crippen LogP contribution in [0.3, 0.4) is 0 Å². The topological polar surface area (TPSA) is 88.5 Å². The van der Waals surface area contributed by atoms with Gasteiger partial charge in [-0.15, -0.1) is 0 Å². The van der Waals surface area contributed by atoms with Crippen LogP contribution in [0.25, 0.3) is 0 Å². The van der Waals surface area contributed by atoms with Crippen molar-refractivity contribution in [3.8, 4) is 0 Å². The molecule has 1 aliphatic rings. The van der Waals surface area contributed by atoms with Crippen molar-refractivity contribution in [1.29, 1.82) is 0 Å². The zero-order valence-electron chi connectivity index (χ0n) is 15.9. The van der Waals surface area contributed by atoms with Gasteiger partial charge in [-0.3, -0.25) is 19.2 Å². The molecule has 2 unspecified atom stereocenters. The summed E-state index contributed by atoms with van der Waals surface area (Å²) in [5.74, 6) is -6.28. The molecule has 0 saturated heterocycles. The average molecular weight is 348 g/mol. The van der Waals surface area contributed by atoms with Gasteiger partial charge in [-0.2, -0.15) is 0 Å². The van der Waals surface area contributed by atoms with Gasteiger partial charge in [-0.25, -0.2) is 0 Å². The molecule has 0 radical (unpaired) electrons. The molecule has 0 bridgehead atoms. The van der Waals surface area contributed by atoms with Crippen LogP contribution in [0.2, 0.25) is 0 Å². The highest BCUT2D eigenvalue weighted by Crippen LogP contribution is 2.34. The van der Waals surface area contributed by atoms with Gasteiger partial charge in [0, 0.05) is 12.3 Å². The molecule has 1 fully saturated rings. The van der Waals surface area contributed by atoms with Crippen LogP contribution in [0.1, 0.15) is 54.4 Å². The number of rotatable bonds is 6. The lowest BCUT2D eigenvalue weighted by Gasteiger charge is -2.36. The summed E-state index contributed by atoms with van der Waals surface area (Å²) >= 11 is 0. The fourth-order valence-electron chi connectivity index (χ4n) is 2.84. The van der Waals surface area contributed by atoms with Crippen LogP contribution in [0.15, 0.2) is 23.3 Å². The first-order valence-electron chi connectivity index (χ1n) is 8.58. The van der Waals surface area contributed by atoms with E-state index in [2.05, 4.69) is 0 Å². The number of Topliss-reactive ketones (excluding diaryl/α,β-unsaturated/α-hetero) is 4. The number of carbonyl (C=O) groups excluding carboxylic acids is 4. The minimum atomic E-state index is -2.32. The van der Waals surface area contributed by atoms with Crippen molar-refractivity contribution in [3.63, 3.8) is 0 Å². The largest absolute Gasteiger partial charge is 0.374 e. The first-order valence-corrected chi connectivity index (χ1v) is 8.58. The number of allylic oxidation sites excluding steroid dienone is 3. The highest BCUT2D eigenvalue weighted by Gasteiger charge is 2.59. The zero-order valence-corrected chi connectivity index (χ0v) is 15.9. The summed E-state index contributed by atoms with van der Waals surface area (Å²) in [6.07, 6.45) is 3.18. The Kier molecular flexibility index (Phi) is 6.77. The lowest BCUT2D eigenvalue weighted by Crippen LogP contribution is -2.62. The summed E-state index contributed by atoms with van der Waals surface area (Å²) < 4.78 is 0. The number of aliphatic hydroxyl groups is 1. The molecular weight excluding hydrogens is 320 g/mol. The Labute approximate surface area is 149 Å². The van der Waals surface area contributed by atoms with E-state index in [1.807, 2.05) is 13.8 Å². The lowest BCUT2D eigenvalue weighted by atomic mass is 9.65. The molecule has 0 aromatic carbocycles. The second-order valence-corrected chi connectivity index (χ2v) is 7.54. The Morgan fingerprint density at radius 2 is 1.56 bits per heavy atom. The molecule has 1 aliphatic carbocycles. The predicted molar refractivity (Wildman–Crippen MR) is 94.9 cm³/mol. The van der Waals surface area contributed by atoms with E-state index < -0.39 is 46.5 Å². The molecule has 1 saturated carbocycles. The summed E-state index contributed by atoms with van der Waals surface area (Å²) in [5, 5.41) is 10.8. The normalized spacial score (nSPS) is 26.6. The second-order valence-electron chi connectivity index (χ2n) is 7.54. The molecule has 0 spiro atoms. The first kappa shape index (κ1) is 21.2. The van der Waals surface area contributed by atoms with Crippen molar-refractivity contribution in [3.05, 3.63) is 23.3 Å². The highest BCUT2D eigenvalue weighted by atomic mass is 16.3. The molecule has 5 nitrogen and oxygen atoms in total. The average Bonchev–Trinajstić information content (AvgIpc) is 2.50. The molecule has 1 N–H and O–H groups in total. The number of carbonyl (C=O) groups is 4. The van der Waals surface area contributed by atoms with E-state index in [-0.39, 0.29) is 12.8 Å². The van der Waals surface area contributed by atoms with Crippen molar-refractivity contribution in [2.24, 2.45) is 17.8 Å². The van der Waals surface area contributed by atoms with E-state index in [1.54, 1.807) is 39.8 Å². The number of ketones is 4. The van der Waals surface area contributed by atoms with Crippen molar-refractivity contribution in [2.75, 3.05) is 0 Å². The molecule has 0 aliphatic heterocycles. The van der Waals surface area contributed by atoms with E-state index in [4.69, 9.17) is 0 Å². The predicted octanol–water partition coefficient (Wildman–Crippen LogP) is 2.61. The van der Waals surface area contributed by atoms with Gasteiger partial charge in [-0.05, 0) is 34.1 Å². The number of hydrogen-bond donors (Lipinski definition) is 1. The van der Waals surface area contributed by atoms with Crippen LogP contribution < -0.4 is 0 Å². The van der Waals surface area contributed by atoms with Crippen LogP contribution >= 0.6 is 0 Å². The molecule has 5 heteroatoms. The Morgan fingerprint density at radius 1 is 1.04 bits per heavy atom. The Morgan fingerprint density at radius 3 is 2.00 bits per heavy atom. The summed E-state index contributed by atoms with van der Waals surface area (Å²) in [5.41, 5.74) is -0.573. The van der Waals surface area contributed by atoms with Gasteiger partial charge in [0.1, 0.15) is 5.92 Å². The van der Waals surface area contributed by atoms with Gasteiger partial charge in [0.25, 0.3) is 0 Å². The van der Waals surface area contributed by atoms with Crippen molar-refractivity contribution in [2.45, 2.75) is 60.0 Å². The molecule has 1 rings (SSSR count). The minimum absolute atomic E-state index is 0.0896. The maximum atomic E-state index is 12.8. The Hall–Kier alpha value is -1.88. The smallest absolute Gasteiger partial charge is 0.190 e. The monoisotopic (exact) mass is 348 g/mol. The molecule has 0 aromatic rings. The molecule has 25 heavy (non-hydrogen) atoms. The summed E-state index contributed by atoms with van der Waals surface area (Å²) in [6.45, 7) is 10.4. The Balaban J connectivity index is 3.42. The van der Waals surface area contributed by atoms with Crippen molar-refractivity contribution in [1.82, 2.24) is 0 Å². The molecule has 138 valence electrons. The van der Waals surface area contributed by atoms with E-state index in [0.717, 1.165) is 11.1 Å². The third kappa shape index (κ3) is 4.40. The molecule has 0 amide bonds. The van der Waals surface area contributed by atoms with Crippen molar-refractivity contribution >= 4 is 23.1 Å². The van der Waals surface area contributed by atoms with Gasteiger partial charge >= 0.3 is 0 Å². The van der Waals surface area contributed by atoms with Gasteiger partial charge in [0.15, 0.2) is 28.7 Å². The minimum Gasteiger partial charge on any atom is -0.374 e. The maximum absolute atomic E-state index is 12.8. The third-order valence-electron chi connectivity index (χ3n) is 4.44. The first-order chi connectivity index (χ1) is 11.4. The van der Waals surface area contributed by atoms with Gasteiger partial charge in [-0.1, -0.05) is 37.1 Å². The van der Waals surface area contributed by atoms with Crippen LogP contribution in [0.4, 0.5) is 0 Å². The molecule has 0 aromatic heterocycles. The number of hydrogen-bond acceptors (Lipinski definition) is 5. The summed E-state index contributed by atoms with van der Waals surface area (Å²) in [4.78, 5) is 50.7. The highest BCUT2D eigenvalue weighted by molar-refractivity contribution is 6.35. The van der Waals surface area contributed by atoms with Crippen molar-refractivity contribution < 1.29 is 24.3 Å². The van der Waals surface area contributed by atoms with Crippen LogP contribution in [-0.4, -0.2) is 33.8 Å². The second kappa shape index (κ2) is 8.00. The Bertz CT molecular complexity index is 645. The summed E-state index contributed by atoms with van der Waals surface area (Å²) in [6, 6.07) is 0. The van der Waals surface area contributed by atoms with Crippen LogP contribution in [0, 0.1) is 17.8 Å². The van der Waals surface area contributed by atoms with Crippen LogP contribution in [-0.2, 0) is 19.2 Å².